The van der Waals surface area contributed by atoms with E-state index in [0.29, 0.717) is 23.3 Å². The van der Waals surface area contributed by atoms with Gasteiger partial charge in [0.25, 0.3) is 0 Å². The Morgan fingerprint density at radius 1 is 1.03 bits per heavy atom. The van der Waals surface area contributed by atoms with Gasteiger partial charge in [-0.2, -0.15) is 0 Å². The van der Waals surface area contributed by atoms with Crippen LogP contribution in [0.1, 0.15) is 5.76 Å². The Labute approximate surface area is 189 Å². The minimum Gasteiger partial charge on any atom is -0.497 e. The zero-order valence-corrected chi connectivity index (χ0v) is 18.5. The molecule has 0 radical (unpaired) electrons. The van der Waals surface area contributed by atoms with Gasteiger partial charge >= 0.3 is 0 Å². The molecule has 2 heterocycles. The predicted octanol–water partition coefficient (Wildman–Crippen LogP) is 3.95. The van der Waals surface area contributed by atoms with E-state index in [-0.39, 0.29) is 11.7 Å². The zero-order chi connectivity index (χ0) is 22.3. The molecule has 8 nitrogen and oxygen atoms in total. The van der Waals surface area contributed by atoms with E-state index in [2.05, 4.69) is 15.5 Å². The molecule has 0 aliphatic rings. The minimum absolute atomic E-state index is 0.126. The van der Waals surface area contributed by atoms with E-state index >= 15 is 0 Å². The van der Waals surface area contributed by atoms with Gasteiger partial charge in [0, 0.05) is 11.3 Å². The van der Waals surface area contributed by atoms with Crippen LogP contribution in [0, 0.1) is 0 Å². The minimum atomic E-state index is -0.126. The van der Waals surface area contributed by atoms with Crippen molar-refractivity contribution in [3.8, 4) is 28.6 Å². The highest BCUT2D eigenvalue weighted by atomic mass is 32.2. The summed E-state index contributed by atoms with van der Waals surface area (Å²) >= 11 is 1.31. The molecule has 1 amide bonds. The van der Waals surface area contributed by atoms with Crippen LogP contribution in [0.2, 0.25) is 0 Å². The summed E-state index contributed by atoms with van der Waals surface area (Å²) in [5.41, 5.74) is 1.70. The number of carbonyl (C=O) groups excluding carboxylic acids is 1. The molecule has 2 aromatic carbocycles. The average molecular weight is 451 g/mol. The molecule has 0 bridgehead atoms. The lowest BCUT2D eigenvalue weighted by molar-refractivity contribution is -0.118. The Morgan fingerprint density at radius 2 is 1.84 bits per heavy atom. The number of ether oxygens (including phenoxy) is 2. The number of aromatic nitrogens is 3. The molecule has 4 rings (SSSR count). The predicted molar refractivity (Wildman–Crippen MR) is 121 cm³/mol. The van der Waals surface area contributed by atoms with Crippen molar-refractivity contribution in [3.05, 3.63) is 72.7 Å². The Balaban J connectivity index is 1.59. The summed E-state index contributed by atoms with van der Waals surface area (Å²) in [6, 6.07) is 18.8. The van der Waals surface area contributed by atoms with Gasteiger partial charge in [0.05, 0.1) is 32.8 Å². The molecule has 9 heteroatoms. The molecule has 4 aromatic rings. The maximum Gasteiger partial charge on any atom is 0.230 e. The van der Waals surface area contributed by atoms with Crippen LogP contribution in [0.3, 0.4) is 0 Å². The van der Waals surface area contributed by atoms with Crippen molar-refractivity contribution in [2.45, 2.75) is 11.7 Å². The average Bonchev–Trinajstić information content (AvgIpc) is 3.51. The fourth-order valence-corrected chi connectivity index (χ4v) is 3.84. The van der Waals surface area contributed by atoms with Crippen molar-refractivity contribution in [1.82, 2.24) is 20.1 Å². The van der Waals surface area contributed by atoms with Crippen LogP contribution in [0.5, 0.6) is 11.5 Å². The smallest absolute Gasteiger partial charge is 0.230 e. The van der Waals surface area contributed by atoms with Crippen LogP contribution in [0.25, 0.3) is 17.1 Å². The van der Waals surface area contributed by atoms with Crippen LogP contribution in [0.4, 0.5) is 0 Å². The molecule has 0 spiro atoms. The molecule has 32 heavy (non-hydrogen) atoms. The van der Waals surface area contributed by atoms with Gasteiger partial charge in [0.1, 0.15) is 17.3 Å². The van der Waals surface area contributed by atoms with Gasteiger partial charge in [-0.3, -0.25) is 9.36 Å². The topological polar surface area (TPSA) is 91.4 Å². The number of thioether (sulfide) groups is 1. The molecular weight excluding hydrogens is 428 g/mol. The molecule has 0 unspecified atom stereocenters. The highest BCUT2D eigenvalue weighted by molar-refractivity contribution is 7.99. The molecule has 1 N–H and O–H groups in total. The first-order valence-corrected chi connectivity index (χ1v) is 10.8. The number of carbonyl (C=O) groups is 1. The monoisotopic (exact) mass is 450 g/mol. The summed E-state index contributed by atoms with van der Waals surface area (Å²) in [5, 5.41) is 12.2. The molecule has 0 fully saturated rings. The second kappa shape index (κ2) is 10.1. The van der Waals surface area contributed by atoms with Gasteiger partial charge in [-0.25, -0.2) is 0 Å². The van der Waals surface area contributed by atoms with Crippen molar-refractivity contribution >= 4 is 17.7 Å². The quantitative estimate of drug-likeness (QED) is 0.386. The summed E-state index contributed by atoms with van der Waals surface area (Å²) in [6.45, 7) is 0.340. The van der Waals surface area contributed by atoms with Crippen molar-refractivity contribution < 1.29 is 18.7 Å². The first-order valence-electron chi connectivity index (χ1n) is 9.84. The summed E-state index contributed by atoms with van der Waals surface area (Å²) in [7, 11) is 3.24. The van der Waals surface area contributed by atoms with E-state index in [9.17, 15) is 4.79 Å². The SMILES string of the molecule is COc1ccc(-n2c(SCC(=O)NCc3ccco3)nnc2-c2cccc(OC)c2)cc1. The summed E-state index contributed by atoms with van der Waals surface area (Å²) < 4.78 is 17.8. The molecule has 0 saturated heterocycles. The molecule has 2 aromatic heterocycles. The highest BCUT2D eigenvalue weighted by Crippen LogP contribution is 2.30. The zero-order valence-electron chi connectivity index (χ0n) is 17.6. The maximum absolute atomic E-state index is 12.3. The van der Waals surface area contributed by atoms with Crippen LogP contribution in [0.15, 0.2) is 76.5 Å². The molecular formula is C23H22N4O4S. The summed E-state index contributed by atoms with van der Waals surface area (Å²) in [4.78, 5) is 12.3. The first-order chi connectivity index (χ1) is 15.7. The van der Waals surface area contributed by atoms with Crippen LogP contribution < -0.4 is 14.8 Å². The van der Waals surface area contributed by atoms with E-state index in [1.807, 2.05) is 59.2 Å². The summed E-state index contributed by atoms with van der Waals surface area (Å²) in [5.74, 6) is 2.87. The second-order valence-electron chi connectivity index (χ2n) is 6.72. The molecule has 0 saturated carbocycles. The molecule has 0 atom stereocenters. The number of methoxy groups -OCH3 is 2. The number of rotatable bonds is 9. The van der Waals surface area contributed by atoms with Gasteiger partial charge < -0.3 is 19.2 Å². The van der Waals surface area contributed by atoms with Crippen LogP contribution in [-0.2, 0) is 11.3 Å². The van der Waals surface area contributed by atoms with Crippen molar-refractivity contribution in [3.63, 3.8) is 0 Å². The number of nitrogens with zero attached hydrogens (tertiary/aromatic N) is 3. The van der Waals surface area contributed by atoms with Crippen LogP contribution in [-0.4, -0.2) is 40.6 Å². The van der Waals surface area contributed by atoms with Crippen molar-refractivity contribution in [1.29, 1.82) is 0 Å². The number of nitrogens with one attached hydrogen (secondary N) is 1. The standard InChI is InChI=1S/C23H22N4O4S/c1-29-18-10-8-17(9-11-18)27-22(16-5-3-6-19(13-16)30-2)25-26-23(27)32-15-21(28)24-14-20-7-4-12-31-20/h3-13H,14-15H2,1-2H3,(H,24,28). The number of hydrogen-bond acceptors (Lipinski definition) is 7. The largest absolute Gasteiger partial charge is 0.497 e. The Morgan fingerprint density at radius 3 is 2.56 bits per heavy atom. The van der Waals surface area contributed by atoms with E-state index in [1.165, 1.54) is 11.8 Å². The lowest BCUT2D eigenvalue weighted by Gasteiger charge is -2.12. The Kier molecular flexibility index (Phi) is 6.76. The fourth-order valence-electron chi connectivity index (χ4n) is 3.06. The van der Waals surface area contributed by atoms with Gasteiger partial charge in [-0.05, 0) is 48.5 Å². The summed E-state index contributed by atoms with van der Waals surface area (Å²) in [6.07, 6.45) is 1.58. The number of hydrogen-bond donors (Lipinski definition) is 1. The van der Waals surface area contributed by atoms with E-state index in [4.69, 9.17) is 13.9 Å². The van der Waals surface area contributed by atoms with Crippen molar-refractivity contribution in [2.24, 2.45) is 0 Å². The molecule has 164 valence electrons. The maximum atomic E-state index is 12.3. The highest BCUT2D eigenvalue weighted by Gasteiger charge is 2.18. The fraction of sp³-hybridized carbons (Fsp3) is 0.174. The number of furan rings is 1. The third kappa shape index (κ3) is 4.94. The van der Waals surface area contributed by atoms with Gasteiger partial charge in [0.2, 0.25) is 5.91 Å². The third-order valence-corrected chi connectivity index (χ3v) is 5.59. The Bertz CT molecular complexity index is 1170. The molecule has 0 aliphatic carbocycles. The lowest BCUT2D eigenvalue weighted by atomic mass is 10.2. The van der Waals surface area contributed by atoms with Gasteiger partial charge in [-0.15, -0.1) is 10.2 Å². The Hall–Kier alpha value is -3.72. The molecule has 0 aliphatic heterocycles. The van der Waals surface area contributed by atoms with Crippen LogP contribution >= 0.6 is 11.8 Å². The van der Waals surface area contributed by atoms with E-state index in [1.54, 1.807) is 26.5 Å². The van der Waals surface area contributed by atoms with Gasteiger partial charge in [0.15, 0.2) is 11.0 Å². The van der Waals surface area contributed by atoms with Crippen molar-refractivity contribution in [2.75, 3.05) is 20.0 Å². The third-order valence-electron chi connectivity index (χ3n) is 4.66. The first kappa shape index (κ1) is 21.5. The second-order valence-corrected chi connectivity index (χ2v) is 7.66. The van der Waals surface area contributed by atoms with Gasteiger partial charge in [-0.1, -0.05) is 23.9 Å². The van der Waals surface area contributed by atoms with E-state index in [0.717, 1.165) is 22.7 Å². The number of benzene rings is 2. The number of amides is 1. The lowest BCUT2D eigenvalue weighted by Crippen LogP contribution is -2.24. The normalized spacial score (nSPS) is 10.7. The van der Waals surface area contributed by atoms with E-state index < -0.39 is 0 Å².